The minimum atomic E-state index is -0.311. The van der Waals surface area contributed by atoms with E-state index in [-0.39, 0.29) is 5.54 Å². The van der Waals surface area contributed by atoms with Gasteiger partial charge < -0.3 is 0 Å². The summed E-state index contributed by atoms with van der Waals surface area (Å²) >= 11 is 8.38. The smallest absolute Gasteiger partial charge is 0.211 e. The molecular weight excluding hydrogens is 266 g/mol. The molecule has 1 aliphatic carbocycles. The molecule has 2 aliphatic rings. The summed E-state index contributed by atoms with van der Waals surface area (Å²) in [6.07, 6.45) is 4.75. The number of thioether (sulfide) groups is 1. The minimum Gasteiger partial charge on any atom is -0.211 e. The standard InChI is InChI=1S/C14H14ClNOS/c15-13-7-11(14(4-5-14)16-9-17)1-2-12(13)10-3-6-18-8-10/h1-2,7,10H,3-6,8H2. The zero-order chi connectivity index (χ0) is 12.6. The van der Waals surface area contributed by atoms with Crippen LogP contribution in [0, 0.1) is 0 Å². The molecule has 94 valence electrons. The predicted octanol–water partition coefficient (Wildman–Crippen LogP) is 3.89. The number of hydrogen-bond acceptors (Lipinski definition) is 3. The van der Waals surface area contributed by atoms with E-state index in [4.69, 9.17) is 11.6 Å². The lowest BCUT2D eigenvalue weighted by atomic mass is 9.95. The first-order valence-electron chi connectivity index (χ1n) is 6.22. The first-order valence-corrected chi connectivity index (χ1v) is 7.75. The van der Waals surface area contributed by atoms with Gasteiger partial charge in [-0.05, 0) is 48.1 Å². The van der Waals surface area contributed by atoms with Crippen LogP contribution in [0.2, 0.25) is 5.02 Å². The molecule has 0 amide bonds. The first-order chi connectivity index (χ1) is 8.75. The van der Waals surface area contributed by atoms with Crippen molar-refractivity contribution in [2.24, 2.45) is 4.99 Å². The van der Waals surface area contributed by atoms with Crippen LogP contribution in [-0.4, -0.2) is 17.6 Å². The number of rotatable bonds is 3. The van der Waals surface area contributed by atoms with Crippen LogP contribution >= 0.6 is 23.4 Å². The van der Waals surface area contributed by atoms with Crippen LogP contribution in [0.1, 0.15) is 36.3 Å². The van der Waals surface area contributed by atoms with E-state index in [1.165, 1.54) is 17.7 Å². The quantitative estimate of drug-likeness (QED) is 0.621. The van der Waals surface area contributed by atoms with Crippen molar-refractivity contribution >= 4 is 29.4 Å². The lowest BCUT2D eigenvalue weighted by molar-refractivity contribution is 0.556. The first kappa shape index (κ1) is 12.3. The van der Waals surface area contributed by atoms with Gasteiger partial charge in [0.15, 0.2) is 0 Å². The molecule has 0 aromatic heterocycles. The highest BCUT2D eigenvalue weighted by Gasteiger charge is 2.45. The number of benzene rings is 1. The molecule has 18 heavy (non-hydrogen) atoms. The highest BCUT2D eigenvalue weighted by molar-refractivity contribution is 7.99. The zero-order valence-electron chi connectivity index (χ0n) is 9.99. The fourth-order valence-corrected chi connectivity index (χ4v) is 4.18. The van der Waals surface area contributed by atoms with Gasteiger partial charge in [0.25, 0.3) is 0 Å². The van der Waals surface area contributed by atoms with E-state index in [0.29, 0.717) is 5.92 Å². The van der Waals surface area contributed by atoms with Crippen molar-refractivity contribution in [1.29, 1.82) is 0 Å². The van der Waals surface area contributed by atoms with Crippen LogP contribution in [0.15, 0.2) is 23.2 Å². The fraction of sp³-hybridized carbons (Fsp3) is 0.500. The molecule has 1 heterocycles. The van der Waals surface area contributed by atoms with E-state index in [9.17, 15) is 4.79 Å². The van der Waals surface area contributed by atoms with E-state index in [0.717, 1.165) is 29.2 Å². The van der Waals surface area contributed by atoms with Gasteiger partial charge in [-0.3, -0.25) is 0 Å². The van der Waals surface area contributed by atoms with Gasteiger partial charge in [-0.1, -0.05) is 23.7 Å². The van der Waals surface area contributed by atoms with Crippen LogP contribution in [-0.2, 0) is 10.3 Å². The van der Waals surface area contributed by atoms with Gasteiger partial charge >= 0.3 is 0 Å². The second kappa shape index (κ2) is 4.73. The van der Waals surface area contributed by atoms with E-state index < -0.39 is 0 Å². The normalized spacial score (nSPS) is 24.6. The van der Waals surface area contributed by atoms with E-state index in [2.05, 4.69) is 17.1 Å². The second-order valence-corrected chi connectivity index (χ2v) is 6.59. The number of hydrogen-bond donors (Lipinski definition) is 0. The third-order valence-corrected chi connectivity index (χ3v) is 5.38. The maximum Gasteiger partial charge on any atom is 0.235 e. The largest absolute Gasteiger partial charge is 0.235 e. The molecule has 0 N–H and O–H groups in total. The van der Waals surface area contributed by atoms with Crippen LogP contribution < -0.4 is 0 Å². The van der Waals surface area contributed by atoms with Crippen LogP contribution in [0.4, 0.5) is 0 Å². The Bertz CT molecular complexity index is 515. The lowest BCUT2D eigenvalue weighted by Gasteiger charge is -2.14. The van der Waals surface area contributed by atoms with Gasteiger partial charge in [0, 0.05) is 10.8 Å². The van der Waals surface area contributed by atoms with Crippen LogP contribution in [0.25, 0.3) is 0 Å². The third-order valence-electron chi connectivity index (χ3n) is 3.89. The minimum absolute atomic E-state index is 0.311. The predicted molar refractivity (Wildman–Crippen MR) is 75.2 cm³/mol. The molecule has 0 radical (unpaired) electrons. The summed E-state index contributed by atoms with van der Waals surface area (Å²) in [7, 11) is 0. The van der Waals surface area contributed by atoms with Crippen molar-refractivity contribution < 1.29 is 4.79 Å². The molecule has 1 saturated carbocycles. The summed E-state index contributed by atoms with van der Waals surface area (Å²) in [5, 5.41) is 0.826. The van der Waals surface area contributed by atoms with Gasteiger partial charge in [-0.2, -0.15) is 16.8 Å². The molecule has 3 rings (SSSR count). The monoisotopic (exact) mass is 279 g/mol. The summed E-state index contributed by atoms with van der Waals surface area (Å²) in [6, 6.07) is 6.19. The van der Waals surface area contributed by atoms with Crippen molar-refractivity contribution in [1.82, 2.24) is 0 Å². The Hall–Kier alpha value is -0.760. The number of aliphatic imine (C=N–C) groups is 1. The van der Waals surface area contributed by atoms with Gasteiger partial charge in [-0.25, -0.2) is 4.79 Å². The Morgan fingerprint density at radius 2 is 2.28 bits per heavy atom. The lowest BCUT2D eigenvalue weighted by Crippen LogP contribution is -2.04. The average Bonchev–Trinajstić information content (AvgIpc) is 2.95. The molecule has 0 spiro atoms. The van der Waals surface area contributed by atoms with Gasteiger partial charge in [-0.15, -0.1) is 0 Å². The molecular formula is C14H14ClNOS. The summed E-state index contributed by atoms with van der Waals surface area (Å²) in [5.74, 6) is 2.97. The summed E-state index contributed by atoms with van der Waals surface area (Å²) in [5.41, 5.74) is 2.00. The number of isocyanates is 1. The molecule has 0 bridgehead atoms. The molecule has 1 unspecified atom stereocenters. The van der Waals surface area contributed by atoms with Gasteiger partial charge in [0.1, 0.15) is 0 Å². The van der Waals surface area contributed by atoms with Crippen LogP contribution in [0.3, 0.4) is 0 Å². The molecule has 1 atom stereocenters. The van der Waals surface area contributed by atoms with E-state index in [1.807, 2.05) is 17.8 Å². The second-order valence-electron chi connectivity index (χ2n) is 5.03. The highest BCUT2D eigenvalue weighted by Crippen LogP contribution is 2.50. The maximum absolute atomic E-state index is 10.5. The van der Waals surface area contributed by atoms with Crippen molar-refractivity contribution in [3.63, 3.8) is 0 Å². The Balaban J connectivity index is 1.91. The number of halogens is 1. The number of carbonyl (C=O) groups excluding carboxylic acids is 1. The molecule has 1 aliphatic heterocycles. The summed E-state index contributed by atoms with van der Waals surface area (Å²) in [4.78, 5) is 14.4. The fourth-order valence-electron chi connectivity index (χ4n) is 2.60. The Morgan fingerprint density at radius 1 is 1.44 bits per heavy atom. The van der Waals surface area contributed by atoms with E-state index in [1.54, 1.807) is 6.08 Å². The average molecular weight is 280 g/mol. The Kier molecular flexibility index (Phi) is 3.23. The maximum atomic E-state index is 10.5. The topological polar surface area (TPSA) is 29.4 Å². The van der Waals surface area contributed by atoms with Gasteiger partial charge in [0.05, 0.1) is 5.54 Å². The molecule has 1 aromatic rings. The van der Waals surface area contributed by atoms with Gasteiger partial charge in [0.2, 0.25) is 6.08 Å². The van der Waals surface area contributed by atoms with Crippen molar-refractivity contribution in [2.45, 2.75) is 30.7 Å². The molecule has 4 heteroatoms. The van der Waals surface area contributed by atoms with Crippen molar-refractivity contribution in [3.05, 3.63) is 34.3 Å². The molecule has 2 fully saturated rings. The Morgan fingerprint density at radius 3 is 2.83 bits per heavy atom. The molecule has 2 nitrogen and oxygen atoms in total. The Labute approximate surface area is 116 Å². The van der Waals surface area contributed by atoms with Crippen molar-refractivity contribution in [3.8, 4) is 0 Å². The van der Waals surface area contributed by atoms with Crippen LogP contribution in [0.5, 0.6) is 0 Å². The summed E-state index contributed by atoms with van der Waals surface area (Å²) in [6.45, 7) is 0. The van der Waals surface area contributed by atoms with Crippen molar-refractivity contribution in [2.75, 3.05) is 11.5 Å². The SMILES string of the molecule is O=C=NC1(c2ccc(C3CCSC3)c(Cl)c2)CC1. The highest BCUT2D eigenvalue weighted by atomic mass is 35.5. The summed E-state index contributed by atoms with van der Waals surface area (Å²) < 4.78 is 0. The zero-order valence-corrected chi connectivity index (χ0v) is 11.6. The van der Waals surface area contributed by atoms with E-state index >= 15 is 0 Å². The molecule has 1 saturated heterocycles. The third kappa shape index (κ3) is 2.11. The molecule has 1 aromatic carbocycles. The number of nitrogens with zero attached hydrogens (tertiary/aromatic N) is 1.